The zero-order valence-electron chi connectivity index (χ0n) is 17.4. The number of nitrogens with zero attached hydrogens (tertiary/aromatic N) is 4. The molecule has 0 radical (unpaired) electrons. The summed E-state index contributed by atoms with van der Waals surface area (Å²) >= 11 is 0.952. The Morgan fingerprint density at radius 3 is 2.47 bits per heavy atom. The Balaban J connectivity index is 2.14. The number of amides is 1. The SMILES string of the molecule is Cn1c(=O)c2nc(SCCC(=O)NS(=O)(=O)CCNCCO)n(CC(=O)O)c2n(C)c1=O. The van der Waals surface area contributed by atoms with E-state index in [1.54, 1.807) is 0 Å². The molecule has 0 saturated heterocycles. The van der Waals surface area contributed by atoms with E-state index in [4.69, 9.17) is 5.11 Å². The van der Waals surface area contributed by atoms with Crippen LogP contribution in [0, 0.1) is 0 Å². The number of carboxylic acid groups (broad SMARTS) is 1. The van der Waals surface area contributed by atoms with Gasteiger partial charge >= 0.3 is 11.7 Å². The largest absolute Gasteiger partial charge is 0.480 e. The number of imidazole rings is 1. The average molecular weight is 493 g/mol. The normalized spacial score (nSPS) is 11.7. The van der Waals surface area contributed by atoms with Crippen LogP contribution in [-0.2, 0) is 40.3 Å². The summed E-state index contributed by atoms with van der Waals surface area (Å²) in [7, 11) is -1.20. The highest BCUT2D eigenvalue weighted by Gasteiger charge is 2.21. The summed E-state index contributed by atoms with van der Waals surface area (Å²) in [5, 5.41) is 20.7. The summed E-state index contributed by atoms with van der Waals surface area (Å²) in [6, 6.07) is 0. The van der Waals surface area contributed by atoms with Crippen molar-refractivity contribution in [1.82, 2.24) is 28.7 Å². The van der Waals surface area contributed by atoms with Crippen LogP contribution >= 0.6 is 11.8 Å². The third-order valence-corrected chi connectivity index (χ3v) is 6.52. The van der Waals surface area contributed by atoms with E-state index >= 15 is 0 Å². The maximum Gasteiger partial charge on any atom is 0.332 e. The number of fused-ring (bicyclic) bond motifs is 1. The third-order valence-electron chi connectivity index (χ3n) is 4.26. The topological polar surface area (TPSA) is 195 Å². The maximum absolute atomic E-state index is 12.4. The van der Waals surface area contributed by atoms with Crippen LogP contribution in [-0.4, -0.2) is 80.4 Å². The first-order chi connectivity index (χ1) is 15.0. The molecule has 1 amide bonds. The predicted molar refractivity (Wildman–Crippen MR) is 115 cm³/mol. The van der Waals surface area contributed by atoms with Gasteiger partial charge in [0.05, 0.1) is 12.4 Å². The zero-order chi connectivity index (χ0) is 24.1. The Labute approximate surface area is 186 Å². The molecule has 2 aromatic rings. The summed E-state index contributed by atoms with van der Waals surface area (Å²) < 4.78 is 28.8. The van der Waals surface area contributed by atoms with Crippen LogP contribution in [0.3, 0.4) is 0 Å². The number of carboxylic acids is 1. The van der Waals surface area contributed by atoms with Gasteiger partial charge in [-0.1, -0.05) is 11.8 Å². The summed E-state index contributed by atoms with van der Waals surface area (Å²) in [5.74, 6) is -2.29. The predicted octanol–water partition coefficient (Wildman–Crippen LogP) is -2.97. The molecule has 0 bridgehead atoms. The number of aromatic nitrogens is 4. The van der Waals surface area contributed by atoms with Gasteiger partial charge < -0.3 is 15.5 Å². The van der Waals surface area contributed by atoms with Crippen LogP contribution in [0.1, 0.15) is 6.42 Å². The van der Waals surface area contributed by atoms with E-state index in [2.05, 4.69) is 10.3 Å². The van der Waals surface area contributed by atoms with Crippen molar-refractivity contribution in [3.8, 4) is 0 Å². The summed E-state index contributed by atoms with van der Waals surface area (Å²) in [6.45, 7) is -0.422. The van der Waals surface area contributed by atoms with E-state index in [0.29, 0.717) is 0 Å². The van der Waals surface area contributed by atoms with Gasteiger partial charge in [-0.15, -0.1) is 0 Å². The minimum atomic E-state index is -3.86. The number of aliphatic hydroxyl groups excluding tert-OH is 1. The van der Waals surface area contributed by atoms with Crippen molar-refractivity contribution in [2.45, 2.75) is 18.1 Å². The molecule has 0 atom stereocenters. The minimum Gasteiger partial charge on any atom is -0.480 e. The smallest absolute Gasteiger partial charge is 0.332 e. The molecule has 14 nitrogen and oxygen atoms in total. The first kappa shape index (κ1) is 25.6. The number of carbonyl (C=O) groups is 2. The van der Waals surface area contributed by atoms with Gasteiger partial charge in [0.15, 0.2) is 16.3 Å². The van der Waals surface area contributed by atoms with Crippen LogP contribution in [0.15, 0.2) is 14.7 Å². The number of aliphatic hydroxyl groups is 1. The van der Waals surface area contributed by atoms with Gasteiger partial charge in [-0.25, -0.2) is 18.2 Å². The highest BCUT2D eigenvalue weighted by molar-refractivity contribution is 7.99. The van der Waals surface area contributed by atoms with E-state index in [-0.39, 0.29) is 53.9 Å². The number of nitrogens with one attached hydrogen (secondary N) is 2. The second-order valence-electron chi connectivity index (χ2n) is 6.67. The molecule has 0 fully saturated rings. The fraction of sp³-hybridized carbons (Fsp3) is 0.562. The lowest BCUT2D eigenvalue weighted by molar-refractivity contribution is -0.137. The Hall–Kier alpha value is -2.69. The number of hydrogen-bond donors (Lipinski definition) is 4. The molecule has 178 valence electrons. The van der Waals surface area contributed by atoms with E-state index in [1.165, 1.54) is 18.7 Å². The molecule has 0 saturated carbocycles. The number of aliphatic carboxylic acids is 1. The molecule has 0 unspecified atom stereocenters. The monoisotopic (exact) mass is 492 g/mol. The molecule has 2 rings (SSSR count). The number of carbonyl (C=O) groups excluding carboxylic acids is 1. The van der Waals surface area contributed by atoms with Crippen LogP contribution in [0.5, 0.6) is 0 Å². The van der Waals surface area contributed by atoms with Gasteiger partial charge in [-0.2, -0.15) is 0 Å². The number of sulfonamides is 1. The molecule has 0 aliphatic carbocycles. The molecule has 0 spiro atoms. The van der Waals surface area contributed by atoms with Crippen LogP contribution in [0.4, 0.5) is 0 Å². The quantitative estimate of drug-likeness (QED) is 0.174. The van der Waals surface area contributed by atoms with Gasteiger partial charge in [-0.3, -0.25) is 32.8 Å². The minimum absolute atomic E-state index is 0.0328. The van der Waals surface area contributed by atoms with Gasteiger partial charge in [0, 0.05) is 39.4 Å². The highest BCUT2D eigenvalue weighted by atomic mass is 32.2. The first-order valence-electron chi connectivity index (χ1n) is 9.34. The lowest BCUT2D eigenvalue weighted by Gasteiger charge is -2.09. The molecule has 0 aliphatic rings. The third kappa shape index (κ3) is 6.18. The van der Waals surface area contributed by atoms with Gasteiger partial charge in [0.25, 0.3) is 5.56 Å². The summed E-state index contributed by atoms with van der Waals surface area (Å²) in [4.78, 5) is 52.0. The average Bonchev–Trinajstić information content (AvgIpc) is 3.05. The molecule has 0 aromatic carbocycles. The Morgan fingerprint density at radius 2 is 1.84 bits per heavy atom. The van der Waals surface area contributed by atoms with Crippen LogP contribution in [0.25, 0.3) is 11.2 Å². The molecule has 2 heterocycles. The fourth-order valence-corrected chi connectivity index (χ4v) is 4.67. The molecule has 4 N–H and O–H groups in total. The van der Waals surface area contributed by atoms with Crippen molar-refractivity contribution < 1.29 is 28.2 Å². The van der Waals surface area contributed by atoms with E-state index in [9.17, 15) is 32.7 Å². The van der Waals surface area contributed by atoms with Crippen molar-refractivity contribution >= 4 is 44.8 Å². The van der Waals surface area contributed by atoms with Gasteiger partial charge in [0.1, 0.15) is 6.54 Å². The van der Waals surface area contributed by atoms with E-state index < -0.39 is 39.7 Å². The van der Waals surface area contributed by atoms with Gasteiger partial charge in [-0.05, 0) is 0 Å². The summed E-state index contributed by atoms with van der Waals surface area (Å²) in [6.07, 6.45) is -0.221. The Kier molecular flexibility index (Phi) is 8.59. The fourth-order valence-electron chi connectivity index (χ4n) is 2.78. The maximum atomic E-state index is 12.4. The second kappa shape index (κ2) is 10.8. The number of aryl methyl sites for hydroxylation is 1. The number of hydrogen-bond acceptors (Lipinski definition) is 10. The van der Waals surface area contributed by atoms with Gasteiger partial charge in [0.2, 0.25) is 15.9 Å². The van der Waals surface area contributed by atoms with Crippen LogP contribution < -0.4 is 21.3 Å². The van der Waals surface area contributed by atoms with Crippen molar-refractivity contribution in [2.75, 3.05) is 31.2 Å². The number of rotatable bonds is 12. The van der Waals surface area contributed by atoms with Crippen molar-refractivity contribution in [1.29, 1.82) is 0 Å². The molecular formula is C16H24N6O8S2. The highest BCUT2D eigenvalue weighted by Crippen LogP contribution is 2.22. The standard InChI is InChI=1S/C16H24N6O8S2/c1-20-13-12(14(27)21(2)16(20)28)18-15(22(13)9-11(25)26)31-7-3-10(24)19-32(29,30)8-5-17-4-6-23/h17,23H,3-9H2,1-2H3,(H,19,24)(H,25,26). The lowest BCUT2D eigenvalue weighted by Crippen LogP contribution is -2.37. The summed E-state index contributed by atoms with van der Waals surface area (Å²) in [5.41, 5.74) is -1.40. The molecule has 0 aliphatic heterocycles. The molecule has 2 aromatic heterocycles. The Morgan fingerprint density at radius 1 is 1.16 bits per heavy atom. The lowest BCUT2D eigenvalue weighted by atomic mass is 10.5. The van der Waals surface area contributed by atoms with Crippen molar-refractivity contribution in [3.63, 3.8) is 0 Å². The zero-order valence-corrected chi connectivity index (χ0v) is 19.0. The Bertz CT molecular complexity index is 1230. The number of thioether (sulfide) groups is 1. The van der Waals surface area contributed by atoms with Crippen molar-refractivity contribution in [3.05, 3.63) is 20.8 Å². The van der Waals surface area contributed by atoms with Crippen molar-refractivity contribution in [2.24, 2.45) is 14.1 Å². The molecule has 16 heteroatoms. The van der Waals surface area contributed by atoms with E-state index in [0.717, 1.165) is 20.9 Å². The van der Waals surface area contributed by atoms with Crippen LogP contribution in [0.2, 0.25) is 0 Å². The molecular weight excluding hydrogens is 468 g/mol. The first-order valence-corrected chi connectivity index (χ1v) is 12.0. The second-order valence-corrected chi connectivity index (χ2v) is 9.57. The van der Waals surface area contributed by atoms with E-state index in [1.807, 2.05) is 4.72 Å². The molecule has 32 heavy (non-hydrogen) atoms.